The van der Waals surface area contributed by atoms with Crippen LogP contribution in [0.3, 0.4) is 0 Å². The molecule has 0 amide bonds. The lowest BCUT2D eigenvalue weighted by Gasteiger charge is -2.13. The predicted octanol–water partition coefficient (Wildman–Crippen LogP) is 6.58. The second-order valence-corrected chi connectivity index (χ2v) is 7.84. The fourth-order valence-corrected chi connectivity index (χ4v) is 3.52. The molecule has 31 heavy (non-hydrogen) atoms. The average molecular weight is 435 g/mol. The first kappa shape index (κ1) is 21.0. The van der Waals surface area contributed by atoms with Gasteiger partial charge in [0.25, 0.3) is 0 Å². The third-order valence-electron chi connectivity index (χ3n) is 4.95. The van der Waals surface area contributed by atoms with Crippen LogP contribution in [0.5, 0.6) is 11.5 Å². The summed E-state index contributed by atoms with van der Waals surface area (Å²) >= 11 is 6.39. The van der Waals surface area contributed by atoms with Gasteiger partial charge >= 0.3 is 0 Å². The molecule has 5 heteroatoms. The first-order chi connectivity index (χ1) is 15.0. The Kier molecular flexibility index (Phi) is 6.28. The van der Waals surface area contributed by atoms with Gasteiger partial charge in [-0.3, -0.25) is 4.79 Å². The van der Waals surface area contributed by atoms with Gasteiger partial charge in [-0.2, -0.15) is 0 Å². The van der Waals surface area contributed by atoms with E-state index in [0.717, 1.165) is 11.3 Å². The van der Waals surface area contributed by atoms with Crippen molar-refractivity contribution in [1.29, 1.82) is 0 Å². The van der Waals surface area contributed by atoms with E-state index in [2.05, 4.69) is 0 Å². The zero-order chi connectivity index (χ0) is 21.8. The maximum Gasteiger partial charge on any atom is 0.235 e. The summed E-state index contributed by atoms with van der Waals surface area (Å²) < 4.78 is 17.8. The average Bonchev–Trinajstić information content (AvgIpc) is 2.76. The van der Waals surface area contributed by atoms with Gasteiger partial charge in [0, 0.05) is 12.0 Å². The van der Waals surface area contributed by atoms with Crippen LogP contribution in [0.1, 0.15) is 17.5 Å². The molecule has 0 saturated heterocycles. The molecule has 0 aliphatic heterocycles. The Labute approximate surface area is 186 Å². The number of benzene rings is 3. The van der Waals surface area contributed by atoms with Crippen LogP contribution in [0.25, 0.3) is 22.3 Å². The van der Waals surface area contributed by atoms with Gasteiger partial charge in [-0.25, -0.2) is 0 Å². The van der Waals surface area contributed by atoms with E-state index in [0.29, 0.717) is 47.0 Å². The predicted molar refractivity (Wildman–Crippen MR) is 124 cm³/mol. The van der Waals surface area contributed by atoms with Gasteiger partial charge in [-0.1, -0.05) is 47.5 Å². The summed E-state index contributed by atoms with van der Waals surface area (Å²) in [5.74, 6) is 1.32. The zero-order valence-corrected chi connectivity index (χ0v) is 18.2. The Hall–Kier alpha value is -3.24. The topological polar surface area (TPSA) is 48.7 Å². The molecule has 1 aromatic heterocycles. The van der Waals surface area contributed by atoms with Gasteiger partial charge in [-0.05, 0) is 55.8 Å². The van der Waals surface area contributed by atoms with Crippen molar-refractivity contribution in [3.8, 4) is 22.8 Å². The third kappa shape index (κ3) is 4.75. The Morgan fingerprint density at radius 2 is 1.58 bits per heavy atom. The third-order valence-corrected chi connectivity index (χ3v) is 5.28. The molecule has 0 aliphatic carbocycles. The van der Waals surface area contributed by atoms with E-state index in [1.165, 1.54) is 5.56 Å². The van der Waals surface area contributed by atoms with Gasteiger partial charge in [0.1, 0.15) is 11.3 Å². The van der Waals surface area contributed by atoms with E-state index in [1.54, 1.807) is 12.1 Å². The molecule has 3 aromatic carbocycles. The van der Waals surface area contributed by atoms with Crippen LogP contribution in [-0.2, 0) is 0 Å². The van der Waals surface area contributed by atoms with Gasteiger partial charge in [0.15, 0.2) is 5.76 Å². The maximum atomic E-state index is 13.2. The quantitative estimate of drug-likeness (QED) is 0.308. The van der Waals surface area contributed by atoms with Crippen molar-refractivity contribution in [3.05, 3.63) is 93.1 Å². The van der Waals surface area contributed by atoms with Crippen LogP contribution >= 0.6 is 11.6 Å². The number of aryl methyl sites for hydroxylation is 2. The summed E-state index contributed by atoms with van der Waals surface area (Å²) in [6.45, 7) is 4.77. The molecule has 0 saturated carbocycles. The summed E-state index contributed by atoms with van der Waals surface area (Å²) in [6, 6.07) is 20.6. The molecule has 0 bridgehead atoms. The van der Waals surface area contributed by atoms with Gasteiger partial charge in [-0.15, -0.1) is 0 Å². The van der Waals surface area contributed by atoms with E-state index in [1.807, 2.05) is 68.4 Å². The van der Waals surface area contributed by atoms with Crippen LogP contribution in [0.15, 0.2) is 75.9 Å². The molecule has 4 rings (SSSR count). The van der Waals surface area contributed by atoms with Gasteiger partial charge < -0.3 is 13.9 Å². The minimum Gasteiger partial charge on any atom is -0.493 e. The van der Waals surface area contributed by atoms with Crippen molar-refractivity contribution in [1.82, 2.24) is 0 Å². The molecule has 0 N–H and O–H groups in total. The van der Waals surface area contributed by atoms with E-state index in [-0.39, 0.29) is 11.2 Å². The standard InChI is InChI=1S/C26H23ClO4/c1-17-8-11-19(12-9-17)29-14-5-15-30-26-24(28)21-13-10-18(2)16-23(21)31-25(26)20-6-3-4-7-22(20)27/h3-4,6-13,16H,5,14-15H2,1-2H3. The molecule has 0 unspecified atom stereocenters. The van der Waals surface area contributed by atoms with E-state index in [9.17, 15) is 4.79 Å². The Morgan fingerprint density at radius 3 is 2.35 bits per heavy atom. The number of halogens is 1. The van der Waals surface area contributed by atoms with Crippen molar-refractivity contribution in [3.63, 3.8) is 0 Å². The molecule has 0 spiro atoms. The second-order valence-electron chi connectivity index (χ2n) is 7.43. The number of hydrogen-bond donors (Lipinski definition) is 0. The highest BCUT2D eigenvalue weighted by molar-refractivity contribution is 6.33. The van der Waals surface area contributed by atoms with Crippen molar-refractivity contribution < 1.29 is 13.9 Å². The highest BCUT2D eigenvalue weighted by atomic mass is 35.5. The van der Waals surface area contributed by atoms with Gasteiger partial charge in [0.2, 0.25) is 11.2 Å². The van der Waals surface area contributed by atoms with E-state index in [4.69, 9.17) is 25.5 Å². The van der Waals surface area contributed by atoms with Crippen LogP contribution in [0.2, 0.25) is 5.02 Å². The van der Waals surface area contributed by atoms with E-state index >= 15 is 0 Å². The number of fused-ring (bicyclic) bond motifs is 1. The Morgan fingerprint density at radius 1 is 0.871 bits per heavy atom. The number of rotatable bonds is 7. The SMILES string of the molecule is Cc1ccc(OCCCOc2c(-c3ccccc3Cl)oc3cc(C)ccc3c2=O)cc1. The fourth-order valence-electron chi connectivity index (χ4n) is 3.29. The zero-order valence-electron chi connectivity index (χ0n) is 17.5. The minimum absolute atomic E-state index is 0.166. The molecule has 158 valence electrons. The van der Waals surface area contributed by atoms with Crippen molar-refractivity contribution in [2.24, 2.45) is 0 Å². The molecular formula is C26H23ClO4. The van der Waals surface area contributed by atoms with Crippen molar-refractivity contribution in [2.45, 2.75) is 20.3 Å². The lowest BCUT2D eigenvalue weighted by atomic mass is 10.1. The van der Waals surface area contributed by atoms with Crippen LogP contribution in [0.4, 0.5) is 0 Å². The van der Waals surface area contributed by atoms with Crippen LogP contribution < -0.4 is 14.9 Å². The molecule has 4 aromatic rings. The molecule has 0 fully saturated rings. The summed E-state index contributed by atoms with van der Waals surface area (Å²) in [7, 11) is 0. The molecule has 0 atom stereocenters. The van der Waals surface area contributed by atoms with Crippen molar-refractivity contribution in [2.75, 3.05) is 13.2 Å². The lowest BCUT2D eigenvalue weighted by molar-refractivity contribution is 0.244. The van der Waals surface area contributed by atoms with Crippen LogP contribution in [-0.4, -0.2) is 13.2 Å². The fraction of sp³-hybridized carbons (Fsp3) is 0.192. The highest BCUT2D eigenvalue weighted by Crippen LogP contribution is 2.35. The summed E-state index contributed by atoms with van der Waals surface area (Å²) in [6.07, 6.45) is 0.612. The normalized spacial score (nSPS) is 10.9. The number of ether oxygens (including phenoxy) is 2. The molecule has 4 nitrogen and oxygen atoms in total. The smallest absolute Gasteiger partial charge is 0.235 e. The Balaban J connectivity index is 1.58. The maximum absolute atomic E-state index is 13.2. The molecule has 0 aliphatic rings. The summed E-state index contributed by atoms with van der Waals surface area (Å²) in [5, 5.41) is 0.970. The summed E-state index contributed by atoms with van der Waals surface area (Å²) in [5.41, 5.74) is 3.10. The van der Waals surface area contributed by atoms with Gasteiger partial charge in [0.05, 0.1) is 23.6 Å². The number of hydrogen-bond acceptors (Lipinski definition) is 4. The first-order valence-electron chi connectivity index (χ1n) is 10.2. The Bertz CT molecular complexity index is 1260. The van der Waals surface area contributed by atoms with Crippen LogP contribution in [0, 0.1) is 13.8 Å². The second kappa shape index (κ2) is 9.27. The highest BCUT2D eigenvalue weighted by Gasteiger charge is 2.19. The first-order valence-corrected chi connectivity index (χ1v) is 10.6. The van der Waals surface area contributed by atoms with Crippen molar-refractivity contribution >= 4 is 22.6 Å². The minimum atomic E-state index is -0.212. The molecule has 0 radical (unpaired) electrons. The van der Waals surface area contributed by atoms with E-state index < -0.39 is 0 Å². The lowest BCUT2D eigenvalue weighted by Crippen LogP contribution is -2.13. The molecular weight excluding hydrogens is 412 g/mol. The monoisotopic (exact) mass is 434 g/mol. The largest absolute Gasteiger partial charge is 0.493 e. The summed E-state index contributed by atoms with van der Waals surface area (Å²) in [4.78, 5) is 13.2. The molecule has 1 heterocycles.